The van der Waals surface area contributed by atoms with E-state index in [0.29, 0.717) is 0 Å². The van der Waals surface area contributed by atoms with E-state index in [1.165, 1.54) is 20.2 Å². The van der Waals surface area contributed by atoms with Crippen LogP contribution in [0.15, 0.2) is 174 Å². The van der Waals surface area contributed by atoms with Gasteiger partial charge >= 0.3 is 0 Å². The molecule has 0 unspecified atom stereocenters. The van der Waals surface area contributed by atoms with Gasteiger partial charge in [0.05, 0.1) is 0 Å². The van der Waals surface area contributed by atoms with E-state index in [4.69, 9.17) is 4.42 Å². The number of para-hydroxylation sites is 4. The Morgan fingerprint density at radius 1 is 0.326 bits per heavy atom. The number of rotatable bonds is 6. The van der Waals surface area contributed by atoms with Crippen LogP contribution in [-0.4, -0.2) is 0 Å². The first-order valence-electron chi connectivity index (χ1n) is 15.4. The van der Waals surface area contributed by atoms with Gasteiger partial charge in [-0.25, -0.2) is 0 Å². The van der Waals surface area contributed by atoms with Crippen LogP contribution in [0.5, 0.6) is 0 Å². The third-order valence-corrected chi connectivity index (χ3v) is 9.77. The standard InChI is InChI=1S/C42H28N2OS/c1-4-12-29(13-5-1)43(30-14-6-2-7-15-30)32-21-24-41-37(26-32)38-27-33(22-25-42(38)46-41)44(31-16-8-3-9-17-31)34-20-23-36-35-18-10-11-19-39(35)45-40(36)28-34/h1-28H. The molecule has 0 saturated carbocycles. The van der Waals surface area contributed by atoms with Crippen molar-refractivity contribution in [2.75, 3.05) is 9.80 Å². The summed E-state index contributed by atoms with van der Waals surface area (Å²) in [4.78, 5) is 4.64. The van der Waals surface area contributed by atoms with E-state index in [-0.39, 0.29) is 0 Å². The van der Waals surface area contributed by atoms with Crippen molar-refractivity contribution in [3.63, 3.8) is 0 Å². The molecule has 0 spiro atoms. The van der Waals surface area contributed by atoms with E-state index in [9.17, 15) is 0 Å². The highest BCUT2D eigenvalue weighted by molar-refractivity contribution is 7.25. The summed E-state index contributed by atoms with van der Waals surface area (Å²) in [6.07, 6.45) is 0. The molecular formula is C42H28N2OS. The van der Waals surface area contributed by atoms with Gasteiger partial charge in [-0.15, -0.1) is 11.3 Å². The van der Waals surface area contributed by atoms with Crippen molar-refractivity contribution in [1.82, 2.24) is 0 Å². The summed E-state index contributed by atoms with van der Waals surface area (Å²) < 4.78 is 8.85. The minimum atomic E-state index is 0.883. The lowest BCUT2D eigenvalue weighted by Crippen LogP contribution is -2.09. The largest absolute Gasteiger partial charge is 0.456 e. The number of hydrogen-bond donors (Lipinski definition) is 0. The molecule has 3 nitrogen and oxygen atoms in total. The van der Waals surface area contributed by atoms with Crippen LogP contribution in [-0.2, 0) is 0 Å². The summed E-state index contributed by atoms with van der Waals surface area (Å²) in [5, 5.41) is 4.75. The van der Waals surface area contributed by atoms with E-state index in [1.807, 2.05) is 23.5 Å². The number of thiophene rings is 1. The van der Waals surface area contributed by atoms with E-state index in [0.717, 1.165) is 56.1 Å². The molecule has 0 saturated heterocycles. The van der Waals surface area contributed by atoms with Crippen LogP contribution in [0.4, 0.5) is 34.1 Å². The molecule has 9 aromatic rings. The molecule has 0 N–H and O–H groups in total. The highest BCUT2D eigenvalue weighted by atomic mass is 32.1. The number of nitrogens with zero attached hydrogens (tertiary/aromatic N) is 2. The predicted octanol–water partition coefficient (Wildman–Crippen LogP) is 12.9. The molecule has 0 aliphatic rings. The van der Waals surface area contributed by atoms with Crippen LogP contribution >= 0.6 is 11.3 Å². The number of hydrogen-bond acceptors (Lipinski definition) is 4. The molecule has 2 heterocycles. The Morgan fingerprint density at radius 2 is 0.761 bits per heavy atom. The van der Waals surface area contributed by atoms with Gasteiger partial charge in [0.2, 0.25) is 0 Å². The quantitative estimate of drug-likeness (QED) is 0.187. The van der Waals surface area contributed by atoms with Gasteiger partial charge in [-0.1, -0.05) is 72.8 Å². The van der Waals surface area contributed by atoms with E-state index in [1.54, 1.807) is 0 Å². The smallest absolute Gasteiger partial charge is 0.137 e. The molecule has 46 heavy (non-hydrogen) atoms. The van der Waals surface area contributed by atoms with Crippen molar-refractivity contribution in [2.45, 2.75) is 0 Å². The summed E-state index contributed by atoms with van der Waals surface area (Å²) >= 11 is 1.84. The summed E-state index contributed by atoms with van der Waals surface area (Å²) in [5.74, 6) is 0. The zero-order valence-electron chi connectivity index (χ0n) is 24.9. The Bertz CT molecular complexity index is 2440. The van der Waals surface area contributed by atoms with Crippen LogP contribution in [0.1, 0.15) is 0 Å². The number of anilines is 6. The first-order chi connectivity index (χ1) is 22.8. The Labute approximate surface area is 270 Å². The van der Waals surface area contributed by atoms with Gasteiger partial charge in [0.1, 0.15) is 11.2 Å². The van der Waals surface area contributed by atoms with Crippen molar-refractivity contribution in [2.24, 2.45) is 0 Å². The molecule has 9 rings (SSSR count). The van der Waals surface area contributed by atoms with Crippen molar-refractivity contribution >= 4 is 87.6 Å². The summed E-state index contributed by atoms with van der Waals surface area (Å²) in [7, 11) is 0. The fourth-order valence-electron chi connectivity index (χ4n) is 6.51. The van der Waals surface area contributed by atoms with E-state index >= 15 is 0 Å². The SMILES string of the molecule is c1ccc(N(c2ccccc2)c2ccc3sc4ccc(N(c5ccccc5)c5ccc6c(c5)oc5ccccc56)cc4c3c2)cc1. The maximum absolute atomic E-state index is 6.31. The van der Waals surface area contributed by atoms with E-state index < -0.39 is 0 Å². The van der Waals surface area contributed by atoms with Crippen molar-refractivity contribution < 1.29 is 4.42 Å². The molecule has 7 aromatic carbocycles. The van der Waals surface area contributed by atoms with Gasteiger partial charge in [-0.3, -0.25) is 0 Å². The van der Waals surface area contributed by atoms with Crippen molar-refractivity contribution in [1.29, 1.82) is 0 Å². The van der Waals surface area contributed by atoms with Gasteiger partial charge in [-0.2, -0.15) is 0 Å². The second-order valence-electron chi connectivity index (χ2n) is 11.4. The van der Waals surface area contributed by atoms with Crippen LogP contribution in [0.2, 0.25) is 0 Å². The maximum Gasteiger partial charge on any atom is 0.137 e. The highest BCUT2D eigenvalue weighted by Gasteiger charge is 2.18. The van der Waals surface area contributed by atoms with Gasteiger partial charge in [0, 0.05) is 71.1 Å². The molecule has 0 bridgehead atoms. The normalized spacial score (nSPS) is 11.5. The molecule has 0 aliphatic heterocycles. The third-order valence-electron chi connectivity index (χ3n) is 8.62. The Morgan fingerprint density at radius 3 is 1.33 bits per heavy atom. The summed E-state index contributed by atoms with van der Waals surface area (Å²) in [6.45, 7) is 0. The Hall–Kier alpha value is -5.84. The van der Waals surface area contributed by atoms with Gasteiger partial charge in [0.15, 0.2) is 0 Å². The Balaban J connectivity index is 1.21. The zero-order chi connectivity index (χ0) is 30.5. The average molecular weight is 609 g/mol. The minimum Gasteiger partial charge on any atom is -0.456 e. The topological polar surface area (TPSA) is 19.6 Å². The van der Waals surface area contributed by atoms with Crippen LogP contribution < -0.4 is 9.80 Å². The maximum atomic E-state index is 6.31. The molecule has 218 valence electrons. The number of benzene rings is 7. The Kier molecular flexibility index (Phi) is 6.32. The number of fused-ring (bicyclic) bond motifs is 6. The minimum absolute atomic E-state index is 0.883. The number of furan rings is 1. The monoisotopic (exact) mass is 608 g/mol. The van der Waals surface area contributed by atoms with Crippen LogP contribution in [0.3, 0.4) is 0 Å². The molecule has 2 aromatic heterocycles. The van der Waals surface area contributed by atoms with Crippen molar-refractivity contribution in [3.05, 3.63) is 170 Å². The molecule has 0 radical (unpaired) electrons. The zero-order valence-corrected chi connectivity index (χ0v) is 25.7. The second-order valence-corrected chi connectivity index (χ2v) is 12.5. The van der Waals surface area contributed by atoms with Gasteiger partial charge in [0.25, 0.3) is 0 Å². The molecule has 0 atom stereocenters. The predicted molar refractivity (Wildman–Crippen MR) is 196 cm³/mol. The van der Waals surface area contributed by atoms with Gasteiger partial charge in [-0.05, 0) is 91.0 Å². The van der Waals surface area contributed by atoms with Crippen molar-refractivity contribution in [3.8, 4) is 0 Å². The second kappa shape index (κ2) is 11.0. The average Bonchev–Trinajstić information content (AvgIpc) is 3.67. The highest BCUT2D eigenvalue weighted by Crippen LogP contribution is 2.44. The molecule has 0 aliphatic carbocycles. The lowest BCUT2D eigenvalue weighted by molar-refractivity contribution is 0.669. The molecule has 0 amide bonds. The third kappa shape index (κ3) is 4.50. The first-order valence-corrected chi connectivity index (χ1v) is 16.2. The van der Waals surface area contributed by atoms with Gasteiger partial charge < -0.3 is 14.2 Å². The molecular weight excluding hydrogens is 581 g/mol. The van der Waals surface area contributed by atoms with E-state index in [2.05, 4.69) is 168 Å². The fraction of sp³-hybridized carbons (Fsp3) is 0. The lowest BCUT2D eigenvalue weighted by Gasteiger charge is -2.26. The lowest BCUT2D eigenvalue weighted by atomic mass is 10.1. The molecule has 0 fully saturated rings. The fourth-order valence-corrected chi connectivity index (χ4v) is 7.58. The van der Waals surface area contributed by atoms with Crippen LogP contribution in [0.25, 0.3) is 42.1 Å². The summed E-state index contributed by atoms with van der Waals surface area (Å²) in [5.41, 5.74) is 8.42. The van der Waals surface area contributed by atoms with Crippen LogP contribution in [0, 0.1) is 0 Å². The first kappa shape index (κ1) is 26.6. The molecule has 4 heteroatoms. The summed E-state index contributed by atoms with van der Waals surface area (Å²) in [6, 6.07) is 60.2.